The average Bonchev–Trinajstić information content (AvgIpc) is 2.39. The molecule has 0 aromatic rings. The van der Waals surface area contributed by atoms with Gasteiger partial charge in [-0.3, -0.25) is 9.69 Å². The van der Waals surface area contributed by atoms with Crippen LogP contribution in [-0.4, -0.2) is 49.7 Å². The number of ether oxygens (including phenoxy) is 1. The van der Waals surface area contributed by atoms with Gasteiger partial charge in [0.25, 0.3) is 0 Å². The van der Waals surface area contributed by atoms with Gasteiger partial charge in [-0.15, -0.1) is 0 Å². The van der Waals surface area contributed by atoms with Crippen molar-refractivity contribution in [2.45, 2.75) is 37.6 Å². The Kier molecular flexibility index (Phi) is 3.82. The van der Waals surface area contributed by atoms with E-state index in [1.54, 1.807) is 0 Å². The Labute approximate surface area is 97.3 Å². The topological polar surface area (TPSA) is 41.6 Å². The highest BCUT2D eigenvalue weighted by Gasteiger charge is 2.45. The van der Waals surface area contributed by atoms with Crippen LogP contribution in [0.1, 0.15) is 32.1 Å². The number of nitrogens with zero attached hydrogens (tertiary/aromatic N) is 1. The van der Waals surface area contributed by atoms with Crippen LogP contribution in [0.3, 0.4) is 0 Å². The molecule has 4 heteroatoms. The van der Waals surface area contributed by atoms with E-state index in [0.29, 0.717) is 0 Å². The van der Waals surface area contributed by atoms with E-state index in [4.69, 9.17) is 4.74 Å². The van der Waals surface area contributed by atoms with E-state index in [-0.39, 0.29) is 11.5 Å². The normalized spacial score (nSPS) is 26.3. The Hall–Kier alpha value is -0.610. The van der Waals surface area contributed by atoms with Crippen molar-refractivity contribution >= 4 is 5.97 Å². The van der Waals surface area contributed by atoms with E-state index < -0.39 is 0 Å². The molecule has 0 amide bonds. The van der Waals surface area contributed by atoms with Crippen molar-refractivity contribution in [2.75, 3.05) is 33.3 Å². The zero-order chi connectivity index (χ0) is 11.4. The number of rotatable bonds is 2. The SMILES string of the molecule is COC(=O)C1(N2CCNCC2)CCCCC1. The van der Waals surface area contributed by atoms with Gasteiger partial charge in [0, 0.05) is 26.2 Å². The number of methoxy groups -OCH3 is 1. The van der Waals surface area contributed by atoms with E-state index in [2.05, 4.69) is 10.2 Å². The first-order valence-corrected chi connectivity index (χ1v) is 6.34. The number of carbonyl (C=O) groups excluding carboxylic acids is 1. The average molecular weight is 226 g/mol. The molecule has 0 aromatic carbocycles. The standard InChI is InChI=1S/C12H22N2O2/c1-16-11(15)12(5-3-2-4-6-12)14-9-7-13-8-10-14/h13H,2-10H2,1H3. The molecule has 92 valence electrons. The molecule has 0 aromatic heterocycles. The maximum Gasteiger partial charge on any atom is 0.326 e. The Balaban J connectivity index is 2.14. The van der Waals surface area contributed by atoms with Gasteiger partial charge < -0.3 is 10.1 Å². The molecule has 1 heterocycles. The predicted octanol–water partition coefficient (Wildman–Crippen LogP) is 0.767. The van der Waals surface area contributed by atoms with Gasteiger partial charge in [-0.1, -0.05) is 19.3 Å². The monoisotopic (exact) mass is 226 g/mol. The molecular weight excluding hydrogens is 204 g/mol. The summed E-state index contributed by atoms with van der Waals surface area (Å²) in [5.41, 5.74) is -0.310. The Bertz CT molecular complexity index is 243. The maximum atomic E-state index is 12.1. The summed E-state index contributed by atoms with van der Waals surface area (Å²) in [6.45, 7) is 3.90. The third kappa shape index (κ3) is 2.09. The summed E-state index contributed by atoms with van der Waals surface area (Å²) in [6, 6.07) is 0. The van der Waals surface area contributed by atoms with Crippen LogP contribution in [0.2, 0.25) is 0 Å². The summed E-state index contributed by atoms with van der Waals surface area (Å²) >= 11 is 0. The summed E-state index contributed by atoms with van der Waals surface area (Å²) < 4.78 is 5.05. The molecule has 1 N–H and O–H groups in total. The molecule has 0 radical (unpaired) electrons. The van der Waals surface area contributed by atoms with Crippen LogP contribution in [-0.2, 0) is 9.53 Å². The largest absolute Gasteiger partial charge is 0.468 e. The van der Waals surface area contributed by atoms with E-state index in [9.17, 15) is 4.79 Å². The lowest BCUT2D eigenvalue weighted by atomic mass is 9.80. The fourth-order valence-corrected chi connectivity index (χ4v) is 3.07. The lowest BCUT2D eigenvalue weighted by Crippen LogP contribution is -2.61. The Morgan fingerprint density at radius 1 is 1.19 bits per heavy atom. The molecular formula is C12H22N2O2. The highest BCUT2D eigenvalue weighted by atomic mass is 16.5. The molecule has 1 saturated carbocycles. The van der Waals surface area contributed by atoms with Crippen molar-refractivity contribution in [3.63, 3.8) is 0 Å². The Morgan fingerprint density at radius 2 is 1.81 bits per heavy atom. The van der Waals surface area contributed by atoms with Crippen LogP contribution in [0, 0.1) is 0 Å². The van der Waals surface area contributed by atoms with Crippen LogP contribution in [0.5, 0.6) is 0 Å². The number of carbonyl (C=O) groups is 1. The molecule has 1 aliphatic carbocycles. The summed E-state index contributed by atoms with van der Waals surface area (Å²) in [5, 5.41) is 3.33. The molecule has 1 aliphatic heterocycles. The number of hydrogen-bond donors (Lipinski definition) is 1. The van der Waals surface area contributed by atoms with Crippen LogP contribution >= 0.6 is 0 Å². The highest BCUT2D eigenvalue weighted by Crippen LogP contribution is 2.34. The number of piperazine rings is 1. The lowest BCUT2D eigenvalue weighted by molar-refractivity contribution is -0.158. The van der Waals surface area contributed by atoms with E-state index in [0.717, 1.165) is 51.9 Å². The maximum absolute atomic E-state index is 12.1. The van der Waals surface area contributed by atoms with E-state index in [1.807, 2.05) is 0 Å². The van der Waals surface area contributed by atoms with Gasteiger partial charge in [0.15, 0.2) is 0 Å². The molecule has 0 spiro atoms. The molecule has 0 atom stereocenters. The molecule has 2 rings (SSSR count). The summed E-state index contributed by atoms with van der Waals surface area (Å²) in [6.07, 6.45) is 5.50. The van der Waals surface area contributed by atoms with Gasteiger partial charge in [0.05, 0.1) is 7.11 Å². The van der Waals surface area contributed by atoms with Crippen molar-refractivity contribution in [2.24, 2.45) is 0 Å². The van der Waals surface area contributed by atoms with Crippen molar-refractivity contribution in [1.29, 1.82) is 0 Å². The van der Waals surface area contributed by atoms with Gasteiger partial charge in [0.2, 0.25) is 0 Å². The predicted molar refractivity (Wildman–Crippen MR) is 62.3 cm³/mol. The van der Waals surface area contributed by atoms with Crippen molar-refractivity contribution < 1.29 is 9.53 Å². The smallest absolute Gasteiger partial charge is 0.326 e. The first-order valence-electron chi connectivity index (χ1n) is 6.34. The number of hydrogen-bond acceptors (Lipinski definition) is 4. The fraction of sp³-hybridized carbons (Fsp3) is 0.917. The van der Waals surface area contributed by atoms with Gasteiger partial charge in [0.1, 0.15) is 5.54 Å². The second kappa shape index (κ2) is 5.15. The molecule has 2 fully saturated rings. The molecule has 16 heavy (non-hydrogen) atoms. The van der Waals surface area contributed by atoms with Crippen LogP contribution in [0.25, 0.3) is 0 Å². The molecule has 4 nitrogen and oxygen atoms in total. The third-order valence-electron chi connectivity index (χ3n) is 3.97. The molecule has 0 bridgehead atoms. The lowest BCUT2D eigenvalue weighted by Gasteiger charge is -2.45. The number of nitrogens with one attached hydrogen (secondary N) is 1. The van der Waals surface area contributed by atoms with Crippen molar-refractivity contribution in [1.82, 2.24) is 10.2 Å². The van der Waals surface area contributed by atoms with Gasteiger partial charge >= 0.3 is 5.97 Å². The fourth-order valence-electron chi connectivity index (χ4n) is 3.07. The third-order valence-corrected chi connectivity index (χ3v) is 3.97. The van der Waals surface area contributed by atoms with Gasteiger partial charge in [-0.05, 0) is 12.8 Å². The van der Waals surface area contributed by atoms with Gasteiger partial charge in [-0.2, -0.15) is 0 Å². The second-order valence-corrected chi connectivity index (χ2v) is 4.82. The second-order valence-electron chi connectivity index (χ2n) is 4.82. The first kappa shape index (κ1) is 11.9. The molecule has 1 saturated heterocycles. The minimum atomic E-state index is -0.310. The van der Waals surface area contributed by atoms with E-state index in [1.165, 1.54) is 13.5 Å². The minimum Gasteiger partial charge on any atom is -0.468 e. The van der Waals surface area contributed by atoms with Crippen LogP contribution < -0.4 is 5.32 Å². The molecule has 0 unspecified atom stereocenters. The first-order chi connectivity index (χ1) is 7.79. The Morgan fingerprint density at radius 3 is 2.38 bits per heavy atom. The summed E-state index contributed by atoms with van der Waals surface area (Å²) in [4.78, 5) is 14.4. The van der Waals surface area contributed by atoms with Crippen LogP contribution in [0.4, 0.5) is 0 Å². The molecule has 2 aliphatic rings. The van der Waals surface area contributed by atoms with Gasteiger partial charge in [-0.25, -0.2) is 0 Å². The van der Waals surface area contributed by atoms with E-state index >= 15 is 0 Å². The highest BCUT2D eigenvalue weighted by molar-refractivity contribution is 5.81. The van der Waals surface area contributed by atoms with Crippen molar-refractivity contribution in [3.8, 4) is 0 Å². The van der Waals surface area contributed by atoms with Crippen LogP contribution in [0.15, 0.2) is 0 Å². The number of esters is 1. The zero-order valence-electron chi connectivity index (χ0n) is 10.1. The quantitative estimate of drug-likeness (QED) is 0.706. The summed E-state index contributed by atoms with van der Waals surface area (Å²) in [7, 11) is 1.51. The minimum absolute atomic E-state index is 0.0194. The summed E-state index contributed by atoms with van der Waals surface area (Å²) in [5.74, 6) is -0.0194. The van der Waals surface area contributed by atoms with Crippen molar-refractivity contribution in [3.05, 3.63) is 0 Å². The zero-order valence-corrected chi connectivity index (χ0v) is 10.1.